The van der Waals surface area contributed by atoms with Crippen molar-refractivity contribution in [1.82, 2.24) is 20.3 Å². The molecule has 0 aliphatic carbocycles. The third-order valence-corrected chi connectivity index (χ3v) is 4.27. The average molecular weight is 393 g/mol. The summed E-state index contributed by atoms with van der Waals surface area (Å²) in [4.78, 5) is 24.6. The van der Waals surface area contributed by atoms with E-state index in [0.29, 0.717) is 42.5 Å². The number of carbonyl (C=O) groups is 1. The molecule has 0 fully saturated rings. The summed E-state index contributed by atoms with van der Waals surface area (Å²) in [7, 11) is 3.19. The van der Waals surface area contributed by atoms with Crippen molar-refractivity contribution in [1.29, 1.82) is 0 Å². The number of methoxy groups -OCH3 is 2. The van der Waals surface area contributed by atoms with Crippen LogP contribution in [0.4, 0.5) is 5.82 Å². The molecule has 0 atom stereocenters. The number of rotatable bonds is 9. The van der Waals surface area contributed by atoms with Gasteiger partial charge in [-0.25, -0.2) is 9.97 Å². The second-order valence-electron chi connectivity index (χ2n) is 6.19. The van der Waals surface area contributed by atoms with Crippen LogP contribution in [0.5, 0.6) is 11.5 Å². The number of pyridine rings is 1. The summed E-state index contributed by atoms with van der Waals surface area (Å²) in [6, 6.07) is 11.1. The maximum absolute atomic E-state index is 12.4. The molecular weight excluding hydrogens is 370 g/mol. The Labute approximate surface area is 169 Å². The number of nitrogens with one attached hydrogen (secondary N) is 2. The summed E-state index contributed by atoms with van der Waals surface area (Å²) in [5.74, 6) is 1.67. The number of hydrogen-bond acceptors (Lipinski definition) is 7. The van der Waals surface area contributed by atoms with E-state index in [9.17, 15) is 4.79 Å². The lowest BCUT2D eigenvalue weighted by Gasteiger charge is -2.10. The van der Waals surface area contributed by atoms with Crippen LogP contribution in [0.3, 0.4) is 0 Å². The Morgan fingerprint density at radius 1 is 0.966 bits per heavy atom. The van der Waals surface area contributed by atoms with E-state index < -0.39 is 0 Å². The highest BCUT2D eigenvalue weighted by atomic mass is 16.5. The zero-order chi connectivity index (χ0) is 20.5. The molecule has 0 bridgehead atoms. The highest BCUT2D eigenvalue weighted by Gasteiger charge is 2.09. The number of nitrogens with zero attached hydrogens (tertiary/aromatic N) is 3. The Kier molecular flexibility index (Phi) is 6.94. The van der Waals surface area contributed by atoms with Gasteiger partial charge in [0.25, 0.3) is 5.91 Å². The lowest BCUT2D eigenvalue weighted by molar-refractivity contribution is 0.0949. The van der Waals surface area contributed by atoms with E-state index >= 15 is 0 Å². The second-order valence-corrected chi connectivity index (χ2v) is 6.19. The molecule has 0 radical (unpaired) electrons. The van der Waals surface area contributed by atoms with Crippen molar-refractivity contribution >= 4 is 11.7 Å². The molecule has 29 heavy (non-hydrogen) atoms. The van der Waals surface area contributed by atoms with Gasteiger partial charge in [0.05, 0.1) is 14.2 Å². The van der Waals surface area contributed by atoms with Gasteiger partial charge in [-0.15, -0.1) is 0 Å². The van der Waals surface area contributed by atoms with Gasteiger partial charge in [-0.05, 0) is 41.8 Å². The summed E-state index contributed by atoms with van der Waals surface area (Å²) in [5, 5.41) is 6.05. The third-order valence-electron chi connectivity index (χ3n) is 4.27. The Morgan fingerprint density at radius 3 is 2.52 bits per heavy atom. The first-order valence-electron chi connectivity index (χ1n) is 9.13. The first kappa shape index (κ1) is 20.1. The molecule has 3 rings (SSSR count). The van der Waals surface area contributed by atoms with E-state index in [1.54, 1.807) is 32.7 Å². The third kappa shape index (κ3) is 5.65. The summed E-state index contributed by atoms with van der Waals surface area (Å²) in [6.45, 7) is 1.05. The molecule has 0 unspecified atom stereocenters. The highest BCUT2D eigenvalue weighted by molar-refractivity contribution is 5.92. The van der Waals surface area contributed by atoms with Crippen molar-refractivity contribution in [3.8, 4) is 11.5 Å². The Bertz CT molecular complexity index is 950. The molecule has 0 aliphatic rings. The Morgan fingerprint density at radius 2 is 1.76 bits per heavy atom. The van der Waals surface area contributed by atoms with Crippen LogP contribution in [0.15, 0.2) is 55.1 Å². The number of anilines is 1. The zero-order valence-electron chi connectivity index (χ0n) is 16.4. The van der Waals surface area contributed by atoms with E-state index in [-0.39, 0.29) is 5.91 Å². The fourth-order valence-electron chi connectivity index (χ4n) is 2.72. The van der Waals surface area contributed by atoms with Crippen LogP contribution in [0.25, 0.3) is 0 Å². The van der Waals surface area contributed by atoms with Crippen LogP contribution in [-0.2, 0) is 13.0 Å². The quantitative estimate of drug-likeness (QED) is 0.576. The molecule has 0 spiro atoms. The average Bonchev–Trinajstić information content (AvgIpc) is 2.78. The molecule has 1 amide bonds. The van der Waals surface area contributed by atoms with Crippen molar-refractivity contribution in [2.45, 2.75) is 13.0 Å². The van der Waals surface area contributed by atoms with Gasteiger partial charge in [0, 0.05) is 31.5 Å². The fourth-order valence-corrected chi connectivity index (χ4v) is 2.72. The predicted molar refractivity (Wildman–Crippen MR) is 109 cm³/mol. The number of aromatic nitrogens is 3. The van der Waals surface area contributed by atoms with Crippen molar-refractivity contribution in [2.75, 3.05) is 26.1 Å². The van der Waals surface area contributed by atoms with Crippen LogP contribution in [0.1, 0.15) is 21.6 Å². The van der Waals surface area contributed by atoms with Gasteiger partial charge in [-0.3, -0.25) is 9.78 Å². The van der Waals surface area contributed by atoms with Gasteiger partial charge in [0.1, 0.15) is 17.8 Å². The van der Waals surface area contributed by atoms with Gasteiger partial charge < -0.3 is 20.1 Å². The molecule has 2 N–H and O–H groups in total. The predicted octanol–water partition coefficient (Wildman–Crippen LogP) is 2.47. The van der Waals surface area contributed by atoms with Crippen LogP contribution >= 0.6 is 0 Å². The van der Waals surface area contributed by atoms with E-state index in [0.717, 1.165) is 11.1 Å². The summed E-state index contributed by atoms with van der Waals surface area (Å²) in [6.07, 6.45) is 5.49. The van der Waals surface area contributed by atoms with Gasteiger partial charge in [-0.2, -0.15) is 0 Å². The number of ether oxygens (including phenoxy) is 2. The summed E-state index contributed by atoms with van der Waals surface area (Å²) in [5.41, 5.74) is 2.41. The summed E-state index contributed by atoms with van der Waals surface area (Å²) >= 11 is 0. The maximum Gasteiger partial charge on any atom is 0.270 e. The van der Waals surface area contributed by atoms with Gasteiger partial charge >= 0.3 is 0 Å². The Hall–Kier alpha value is -3.68. The summed E-state index contributed by atoms with van der Waals surface area (Å²) < 4.78 is 10.5. The normalized spacial score (nSPS) is 10.3. The highest BCUT2D eigenvalue weighted by Crippen LogP contribution is 2.27. The van der Waals surface area contributed by atoms with Gasteiger partial charge in [0.2, 0.25) is 0 Å². The molecule has 0 saturated heterocycles. The molecule has 0 saturated carbocycles. The molecule has 1 aromatic carbocycles. The van der Waals surface area contributed by atoms with Crippen molar-refractivity contribution in [3.63, 3.8) is 0 Å². The minimum Gasteiger partial charge on any atom is -0.493 e. The van der Waals surface area contributed by atoms with Crippen LogP contribution in [0.2, 0.25) is 0 Å². The van der Waals surface area contributed by atoms with Crippen LogP contribution in [0, 0.1) is 0 Å². The topological polar surface area (TPSA) is 98.3 Å². The Balaban J connectivity index is 1.53. The van der Waals surface area contributed by atoms with E-state index in [1.165, 1.54) is 6.33 Å². The SMILES string of the molecule is COc1ccc(CCNC(=O)c2cc(NCc3ccncc3)ncn2)cc1OC. The number of amides is 1. The monoisotopic (exact) mass is 393 g/mol. The standard InChI is InChI=1S/C21H23N5O3/c1-28-18-4-3-15(11-19(18)29-2)7-10-23-21(27)17-12-20(26-14-25-17)24-13-16-5-8-22-9-6-16/h3-6,8-9,11-12,14H,7,10,13H2,1-2H3,(H,23,27)(H,24,25,26). The van der Waals surface area contributed by atoms with Crippen molar-refractivity contribution < 1.29 is 14.3 Å². The minimum atomic E-state index is -0.250. The number of carbonyl (C=O) groups excluding carboxylic acids is 1. The smallest absolute Gasteiger partial charge is 0.270 e. The second kappa shape index (κ2) is 10.0. The zero-order valence-corrected chi connectivity index (χ0v) is 16.4. The maximum atomic E-state index is 12.4. The fraction of sp³-hybridized carbons (Fsp3) is 0.238. The molecule has 150 valence electrons. The molecule has 2 aromatic heterocycles. The number of benzene rings is 1. The molecule has 8 nitrogen and oxygen atoms in total. The largest absolute Gasteiger partial charge is 0.493 e. The van der Waals surface area contributed by atoms with Crippen LogP contribution in [-0.4, -0.2) is 41.6 Å². The lowest BCUT2D eigenvalue weighted by atomic mass is 10.1. The van der Waals surface area contributed by atoms with E-state index in [4.69, 9.17) is 9.47 Å². The molecular formula is C21H23N5O3. The van der Waals surface area contributed by atoms with Crippen LogP contribution < -0.4 is 20.1 Å². The number of hydrogen-bond donors (Lipinski definition) is 2. The van der Waals surface area contributed by atoms with Gasteiger partial charge in [0.15, 0.2) is 11.5 Å². The molecule has 0 aliphatic heterocycles. The molecule has 8 heteroatoms. The van der Waals surface area contributed by atoms with Crippen molar-refractivity contribution in [3.05, 3.63) is 71.9 Å². The minimum absolute atomic E-state index is 0.250. The van der Waals surface area contributed by atoms with Gasteiger partial charge in [-0.1, -0.05) is 6.07 Å². The molecule has 3 aromatic rings. The first-order valence-corrected chi connectivity index (χ1v) is 9.13. The van der Waals surface area contributed by atoms with E-state index in [1.807, 2.05) is 30.3 Å². The lowest BCUT2D eigenvalue weighted by Crippen LogP contribution is -2.26. The van der Waals surface area contributed by atoms with E-state index in [2.05, 4.69) is 25.6 Å². The molecule has 2 heterocycles. The van der Waals surface area contributed by atoms with Crippen molar-refractivity contribution in [2.24, 2.45) is 0 Å². The first-order chi connectivity index (χ1) is 14.2.